The topological polar surface area (TPSA) is 77.3 Å². The van der Waals surface area contributed by atoms with E-state index in [1.165, 1.54) is 5.56 Å². The molecule has 59 heavy (non-hydrogen) atoms. The van der Waals surface area contributed by atoms with Gasteiger partial charge in [0, 0.05) is 34.0 Å². The highest BCUT2D eigenvalue weighted by molar-refractivity contribution is 9.08. The van der Waals surface area contributed by atoms with E-state index in [2.05, 4.69) is 33.1 Å². The predicted molar refractivity (Wildman–Crippen MR) is 247 cm³/mol. The molecule has 0 heterocycles. The predicted octanol–water partition coefficient (Wildman–Crippen LogP) is 11.9. The summed E-state index contributed by atoms with van der Waals surface area (Å²) in [5.74, 6) is -0.637. The summed E-state index contributed by atoms with van der Waals surface area (Å²) in [4.78, 5) is 34.4. The molecule has 0 fully saturated rings. The standard InChI is InChI=1S/C26H27NO2.C19H21NO2.C7H7Br/c1-26(2,3)29-25(28)23(19-20-13-7-4-8-14-20)27-24(21-15-9-5-10-16-21)22-17-11-6-12-18-22;1-19(2,3)22-17(21)14-20-18(15-10-6-4-7-11-15)16-12-8-5-9-13-16;8-6-7-4-2-1-3-5-7/h4-18,23H,19H2,1-3H3;4-13H,14H2,1-3H3;1-5H,6H2/t23-;;/m0../s1. The lowest BCUT2D eigenvalue weighted by Crippen LogP contribution is -2.33. The first kappa shape index (κ1) is 45.8. The van der Waals surface area contributed by atoms with E-state index in [4.69, 9.17) is 14.5 Å². The number of ether oxygens (including phenoxy) is 2. The highest BCUT2D eigenvalue weighted by Gasteiger charge is 2.26. The third-order valence-corrected chi connectivity index (χ3v) is 8.86. The monoisotopic (exact) mass is 850 g/mol. The molecule has 1 atom stereocenters. The summed E-state index contributed by atoms with van der Waals surface area (Å²) >= 11 is 3.36. The number of carbonyl (C=O) groups is 2. The van der Waals surface area contributed by atoms with Crippen molar-refractivity contribution >= 4 is 39.3 Å². The van der Waals surface area contributed by atoms with Crippen LogP contribution in [0.4, 0.5) is 0 Å². The van der Waals surface area contributed by atoms with Crippen LogP contribution in [0.1, 0.15) is 74.9 Å². The van der Waals surface area contributed by atoms with Gasteiger partial charge in [0.1, 0.15) is 17.7 Å². The van der Waals surface area contributed by atoms with E-state index in [9.17, 15) is 9.59 Å². The molecule has 0 N–H and O–H groups in total. The number of aliphatic imine (C=N–C) groups is 2. The average molecular weight is 852 g/mol. The largest absolute Gasteiger partial charge is 0.459 e. The summed E-state index contributed by atoms with van der Waals surface area (Å²) in [6.45, 7) is 11.2. The number of benzene rings is 6. The zero-order chi connectivity index (χ0) is 42.5. The van der Waals surface area contributed by atoms with E-state index in [1.807, 2.05) is 211 Å². The van der Waals surface area contributed by atoms with Crippen molar-refractivity contribution in [3.8, 4) is 0 Å². The molecule has 0 amide bonds. The Bertz CT molecular complexity index is 2100. The number of carbonyl (C=O) groups excluding carboxylic acids is 2. The minimum atomic E-state index is -0.632. The van der Waals surface area contributed by atoms with Crippen molar-refractivity contribution in [1.82, 2.24) is 0 Å². The fourth-order valence-corrected chi connectivity index (χ4v) is 6.05. The van der Waals surface area contributed by atoms with E-state index in [0.29, 0.717) is 6.42 Å². The lowest BCUT2D eigenvalue weighted by Gasteiger charge is -2.23. The number of esters is 2. The van der Waals surface area contributed by atoms with Crippen molar-refractivity contribution in [3.05, 3.63) is 215 Å². The van der Waals surface area contributed by atoms with Gasteiger partial charge < -0.3 is 9.47 Å². The fraction of sp³-hybridized carbons (Fsp3) is 0.231. The van der Waals surface area contributed by atoms with Gasteiger partial charge in [-0.05, 0) is 52.7 Å². The van der Waals surface area contributed by atoms with Gasteiger partial charge in [-0.1, -0.05) is 198 Å². The average Bonchev–Trinajstić information content (AvgIpc) is 3.24. The Labute approximate surface area is 359 Å². The lowest BCUT2D eigenvalue weighted by molar-refractivity contribution is -0.156. The summed E-state index contributed by atoms with van der Waals surface area (Å²) in [6, 6.07) is 59.2. The number of hydrogen-bond acceptors (Lipinski definition) is 6. The van der Waals surface area contributed by atoms with Crippen LogP contribution >= 0.6 is 15.9 Å². The van der Waals surface area contributed by atoms with Gasteiger partial charge >= 0.3 is 11.9 Å². The fourth-order valence-electron chi connectivity index (χ4n) is 5.68. The highest BCUT2D eigenvalue weighted by atomic mass is 79.9. The van der Waals surface area contributed by atoms with Crippen LogP contribution in [0.2, 0.25) is 0 Å². The number of hydrogen-bond donors (Lipinski definition) is 0. The Hall–Kier alpha value is -5.92. The molecular formula is C52H55BrN2O4. The minimum Gasteiger partial charge on any atom is -0.459 e. The molecule has 0 radical (unpaired) electrons. The number of rotatable bonds is 11. The van der Waals surface area contributed by atoms with Crippen molar-refractivity contribution in [2.24, 2.45) is 9.98 Å². The molecule has 0 aliphatic carbocycles. The molecule has 0 saturated heterocycles. The Kier molecular flexibility index (Phi) is 18.2. The lowest BCUT2D eigenvalue weighted by atomic mass is 10.0. The van der Waals surface area contributed by atoms with E-state index in [1.54, 1.807) is 0 Å². The highest BCUT2D eigenvalue weighted by Crippen LogP contribution is 2.18. The third kappa shape index (κ3) is 17.2. The normalized spacial score (nSPS) is 11.2. The first-order valence-corrected chi connectivity index (χ1v) is 20.9. The molecular weight excluding hydrogens is 796 g/mol. The summed E-state index contributed by atoms with van der Waals surface area (Å²) < 4.78 is 11.0. The van der Waals surface area contributed by atoms with Crippen molar-refractivity contribution in [2.45, 2.75) is 70.5 Å². The van der Waals surface area contributed by atoms with Gasteiger partial charge in [-0.25, -0.2) is 4.79 Å². The maximum atomic E-state index is 13.0. The molecule has 304 valence electrons. The molecule has 0 aliphatic rings. The minimum absolute atomic E-state index is 0.0103. The molecule has 6 aromatic rings. The van der Waals surface area contributed by atoms with Gasteiger partial charge in [0.05, 0.1) is 11.4 Å². The molecule has 0 spiro atoms. The molecule has 7 heteroatoms. The first-order chi connectivity index (χ1) is 28.3. The van der Waals surface area contributed by atoms with Crippen LogP contribution in [-0.4, -0.2) is 47.2 Å². The molecule has 6 rings (SSSR count). The van der Waals surface area contributed by atoms with Crippen LogP contribution in [-0.2, 0) is 30.8 Å². The summed E-state index contributed by atoms with van der Waals surface area (Å²) in [6.07, 6.45) is 0.485. The molecule has 0 unspecified atom stereocenters. The third-order valence-electron chi connectivity index (χ3n) is 8.21. The van der Waals surface area contributed by atoms with Crippen molar-refractivity contribution < 1.29 is 19.1 Å². The van der Waals surface area contributed by atoms with Crippen LogP contribution in [0.25, 0.3) is 0 Å². The maximum Gasteiger partial charge on any atom is 0.331 e. The maximum absolute atomic E-state index is 13.0. The molecule has 0 bridgehead atoms. The summed E-state index contributed by atoms with van der Waals surface area (Å²) in [7, 11) is 0. The first-order valence-electron chi connectivity index (χ1n) is 19.7. The molecule has 0 aromatic heterocycles. The van der Waals surface area contributed by atoms with Crippen LogP contribution in [0.5, 0.6) is 0 Å². The van der Waals surface area contributed by atoms with Gasteiger partial charge in [0.25, 0.3) is 0 Å². The Morgan fingerprint density at radius 2 is 0.831 bits per heavy atom. The van der Waals surface area contributed by atoms with Gasteiger partial charge in [0.15, 0.2) is 6.04 Å². The van der Waals surface area contributed by atoms with E-state index in [0.717, 1.165) is 44.6 Å². The number of alkyl halides is 1. The quantitative estimate of drug-likeness (QED) is 0.0739. The Balaban J connectivity index is 0.000000225. The molecule has 6 nitrogen and oxygen atoms in total. The zero-order valence-corrected chi connectivity index (χ0v) is 36.5. The van der Waals surface area contributed by atoms with Gasteiger partial charge in [-0.2, -0.15) is 0 Å². The molecule has 6 aromatic carbocycles. The number of nitrogens with zero attached hydrogens (tertiary/aromatic N) is 2. The van der Waals surface area contributed by atoms with Crippen LogP contribution in [0.15, 0.2) is 192 Å². The molecule has 0 aliphatic heterocycles. The zero-order valence-electron chi connectivity index (χ0n) is 34.9. The summed E-state index contributed by atoms with van der Waals surface area (Å²) in [5, 5.41) is 0.952. The second-order valence-corrected chi connectivity index (χ2v) is 16.1. The smallest absolute Gasteiger partial charge is 0.331 e. The van der Waals surface area contributed by atoms with Crippen LogP contribution in [0.3, 0.4) is 0 Å². The van der Waals surface area contributed by atoms with Crippen LogP contribution in [0, 0.1) is 0 Å². The SMILES string of the molecule is BrCc1ccccc1.CC(C)(C)OC(=O)CN=C(c1ccccc1)c1ccccc1.CC(C)(C)OC(=O)[C@H](Cc1ccccc1)N=C(c1ccccc1)c1ccccc1. The van der Waals surface area contributed by atoms with Crippen molar-refractivity contribution in [2.75, 3.05) is 6.54 Å². The van der Waals surface area contributed by atoms with E-state index < -0.39 is 17.2 Å². The van der Waals surface area contributed by atoms with Gasteiger partial charge in [0.2, 0.25) is 0 Å². The second-order valence-electron chi connectivity index (χ2n) is 15.6. The van der Waals surface area contributed by atoms with Gasteiger partial charge in [-0.15, -0.1) is 0 Å². The number of halogens is 1. The van der Waals surface area contributed by atoms with Crippen molar-refractivity contribution in [3.63, 3.8) is 0 Å². The second kappa shape index (κ2) is 23.5. The van der Waals surface area contributed by atoms with Gasteiger partial charge in [-0.3, -0.25) is 14.8 Å². The van der Waals surface area contributed by atoms with Crippen molar-refractivity contribution in [1.29, 1.82) is 0 Å². The molecule has 0 saturated carbocycles. The van der Waals surface area contributed by atoms with E-state index in [-0.39, 0.29) is 18.5 Å². The summed E-state index contributed by atoms with van der Waals surface area (Å²) in [5.41, 5.74) is 6.81. The Morgan fingerprint density at radius 1 is 0.492 bits per heavy atom. The van der Waals surface area contributed by atoms with E-state index >= 15 is 0 Å². The Morgan fingerprint density at radius 3 is 1.17 bits per heavy atom. The van der Waals surface area contributed by atoms with Crippen LogP contribution < -0.4 is 0 Å².